The van der Waals surface area contributed by atoms with Crippen LogP contribution in [0.25, 0.3) is 0 Å². The van der Waals surface area contributed by atoms with E-state index in [-0.39, 0.29) is 17.7 Å². The zero-order valence-corrected chi connectivity index (χ0v) is 15.6. The van der Waals surface area contributed by atoms with Crippen LogP contribution in [0, 0.1) is 10.1 Å². The lowest BCUT2D eigenvalue weighted by Gasteiger charge is -2.12. The Labute approximate surface area is 161 Å². The molecule has 27 heavy (non-hydrogen) atoms. The molecule has 2 rings (SSSR count). The number of esters is 1. The molecule has 0 unspecified atom stereocenters. The monoisotopic (exact) mass is 445 g/mol. The van der Waals surface area contributed by atoms with Crippen molar-refractivity contribution in [2.45, 2.75) is 19.6 Å². The second-order valence-corrected chi connectivity index (χ2v) is 6.15. The number of carbonyl (C=O) groups excluding carboxylic acids is 1. The summed E-state index contributed by atoms with van der Waals surface area (Å²) in [6.07, 6.45) is -0.0230. The van der Waals surface area contributed by atoms with E-state index in [0.717, 1.165) is 16.6 Å². The number of nitrogens with zero attached hydrogens (tertiary/aromatic N) is 1. The van der Waals surface area contributed by atoms with Crippen LogP contribution in [0.15, 0.2) is 40.9 Å². The fraction of sp³-hybridized carbons (Fsp3) is 0.235. The number of benzene rings is 2. The van der Waals surface area contributed by atoms with E-state index in [0.29, 0.717) is 5.56 Å². The summed E-state index contributed by atoms with van der Waals surface area (Å²) in [6, 6.07) is 8.92. The summed E-state index contributed by atoms with van der Waals surface area (Å²) in [6.45, 7) is -3.59. The van der Waals surface area contributed by atoms with E-state index >= 15 is 0 Å². The van der Waals surface area contributed by atoms with E-state index in [4.69, 9.17) is 9.47 Å². The van der Waals surface area contributed by atoms with Gasteiger partial charge >= 0.3 is 12.6 Å². The third-order valence-corrected chi connectivity index (χ3v) is 3.96. The van der Waals surface area contributed by atoms with Gasteiger partial charge in [0.1, 0.15) is 6.61 Å². The average Bonchev–Trinajstić information content (AvgIpc) is 2.61. The normalized spacial score (nSPS) is 10.6. The lowest BCUT2D eigenvalue weighted by Crippen LogP contribution is -2.10. The fourth-order valence-corrected chi connectivity index (χ4v) is 2.47. The van der Waals surface area contributed by atoms with Crippen molar-refractivity contribution in [1.29, 1.82) is 0 Å². The van der Waals surface area contributed by atoms with Crippen LogP contribution in [-0.4, -0.2) is 24.6 Å². The van der Waals surface area contributed by atoms with Gasteiger partial charge in [0.05, 0.1) is 30.1 Å². The van der Waals surface area contributed by atoms with E-state index in [2.05, 4.69) is 20.7 Å². The number of methoxy groups -OCH3 is 1. The molecule has 0 atom stereocenters. The molecule has 0 spiro atoms. The van der Waals surface area contributed by atoms with Gasteiger partial charge < -0.3 is 14.2 Å². The largest absolute Gasteiger partial charge is 0.493 e. The first kappa shape index (κ1) is 20.6. The van der Waals surface area contributed by atoms with Gasteiger partial charge in [0.2, 0.25) is 0 Å². The van der Waals surface area contributed by atoms with Crippen LogP contribution >= 0.6 is 15.9 Å². The molecule has 0 radical (unpaired) electrons. The molecule has 10 heteroatoms. The number of ether oxygens (including phenoxy) is 3. The van der Waals surface area contributed by atoms with Gasteiger partial charge in [-0.05, 0) is 23.8 Å². The molecule has 0 heterocycles. The van der Waals surface area contributed by atoms with E-state index in [1.165, 1.54) is 7.11 Å². The molecule has 2 aromatic carbocycles. The van der Waals surface area contributed by atoms with Crippen LogP contribution in [0.5, 0.6) is 11.5 Å². The van der Waals surface area contributed by atoms with E-state index < -0.39 is 35.5 Å². The molecule has 0 fully saturated rings. The minimum absolute atomic E-state index is 0.0115. The third kappa shape index (κ3) is 5.88. The summed E-state index contributed by atoms with van der Waals surface area (Å²) in [4.78, 5) is 22.4. The van der Waals surface area contributed by atoms with Gasteiger partial charge in [-0.3, -0.25) is 14.9 Å². The van der Waals surface area contributed by atoms with Gasteiger partial charge in [-0.2, -0.15) is 8.78 Å². The van der Waals surface area contributed by atoms with Gasteiger partial charge in [0, 0.05) is 4.47 Å². The number of hydrogen-bond acceptors (Lipinski definition) is 6. The predicted octanol–water partition coefficient (Wildman–Crippen LogP) is 4.25. The molecule has 0 aromatic heterocycles. The minimum Gasteiger partial charge on any atom is -0.493 e. The maximum atomic E-state index is 12.4. The van der Waals surface area contributed by atoms with Gasteiger partial charge in [0.25, 0.3) is 5.69 Å². The Hall–Kier alpha value is -2.75. The van der Waals surface area contributed by atoms with Crippen molar-refractivity contribution < 1.29 is 32.7 Å². The number of nitro benzene ring substituents is 1. The number of hydrogen-bond donors (Lipinski definition) is 0. The number of nitro groups is 1. The van der Waals surface area contributed by atoms with Crippen LogP contribution in [0.3, 0.4) is 0 Å². The summed E-state index contributed by atoms with van der Waals surface area (Å²) in [5.74, 6) is -1.22. The standard InChI is InChI=1S/C17H14BrF2NO6/c1-25-14-7-11(13(21(23)24)8-15(14)27-17(19)20)9-26-16(22)6-10-2-4-12(18)5-3-10/h2-5,7-8,17H,6,9H2,1H3. The average molecular weight is 446 g/mol. The molecule has 0 bridgehead atoms. The molecule has 0 saturated heterocycles. The van der Waals surface area contributed by atoms with Crippen molar-refractivity contribution in [1.82, 2.24) is 0 Å². The van der Waals surface area contributed by atoms with Gasteiger partial charge in [0.15, 0.2) is 11.5 Å². The summed E-state index contributed by atoms with van der Waals surface area (Å²) < 4.78 is 39.9. The SMILES string of the molecule is COc1cc(COC(=O)Cc2ccc(Br)cc2)c([N+](=O)[O-])cc1OC(F)F. The van der Waals surface area contributed by atoms with Crippen LogP contribution in [0.2, 0.25) is 0 Å². The van der Waals surface area contributed by atoms with E-state index in [9.17, 15) is 23.7 Å². The maximum Gasteiger partial charge on any atom is 0.387 e. The molecule has 0 aliphatic carbocycles. The summed E-state index contributed by atoms with van der Waals surface area (Å²) >= 11 is 3.28. The third-order valence-electron chi connectivity index (χ3n) is 3.43. The molecule has 0 aliphatic heterocycles. The number of carbonyl (C=O) groups is 1. The molecule has 2 aromatic rings. The first-order valence-electron chi connectivity index (χ1n) is 7.50. The molecule has 0 aliphatic rings. The Bertz CT molecular complexity index is 829. The Morgan fingerprint density at radius 3 is 2.44 bits per heavy atom. The lowest BCUT2D eigenvalue weighted by atomic mass is 10.1. The van der Waals surface area contributed by atoms with Crippen LogP contribution in [0.1, 0.15) is 11.1 Å². The first-order chi connectivity index (χ1) is 12.8. The number of alkyl halides is 2. The molecule has 0 N–H and O–H groups in total. The van der Waals surface area contributed by atoms with Gasteiger partial charge in [-0.25, -0.2) is 0 Å². The molecule has 144 valence electrons. The smallest absolute Gasteiger partial charge is 0.387 e. The van der Waals surface area contributed by atoms with Crippen LogP contribution in [0.4, 0.5) is 14.5 Å². The van der Waals surface area contributed by atoms with Crippen molar-refractivity contribution in [3.8, 4) is 11.5 Å². The predicted molar refractivity (Wildman–Crippen MR) is 93.9 cm³/mol. The molecular formula is C17H14BrF2NO6. The van der Waals surface area contributed by atoms with Crippen molar-refractivity contribution >= 4 is 27.6 Å². The topological polar surface area (TPSA) is 87.9 Å². The summed E-state index contributed by atoms with van der Waals surface area (Å²) in [5, 5.41) is 11.2. The lowest BCUT2D eigenvalue weighted by molar-refractivity contribution is -0.386. The highest BCUT2D eigenvalue weighted by atomic mass is 79.9. The molecule has 7 nitrogen and oxygen atoms in total. The summed E-state index contributed by atoms with van der Waals surface area (Å²) in [7, 11) is 1.20. The molecule has 0 saturated carbocycles. The number of halogens is 3. The Morgan fingerprint density at radius 2 is 1.89 bits per heavy atom. The van der Waals surface area contributed by atoms with E-state index in [1.54, 1.807) is 24.3 Å². The van der Waals surface area contributed by atoms with Gasteiger partial charge in [-0.15, -0.1) is 0 Å². The van der Waals surface area contributed by atoms with Crippen LogP contribution in [-0.2, 0) is 22.6 Å². The highest BCUT2D eigenvalue weighted by Gasteiger charge is 2.22. The van der Waals surface area contributed by atoms with Crippen molar-refractivity contribution in [2.75, 3.05) is 7.11 Å². The fourth-order valence-electron chi connectivity index (χ4n) is 2.20. The maximum absolute atomic E-state index is 12.4. The Balaban J connectivity index is 2.15. The quantitative estimate of drug-likeness (QED) is 0.342. The second-order valence-electron chi connectivity index (χ2n) is 5.23. The molecule has 0 amide bonds. The highest BCUT2D eigenvalue weighted by Crippen LogP contribution is 2.36. The van der Waals surface area contributed by atoms with E-state index in [1.807, 2.05) is 0 Å². The Kier molecular flexibility index (Phi) is 7.05. The highest BCUT2D eigenvalue weighted by molar-refractivity contribution is 9.10. The van der Waals surface area contributed by atoms with Gasteiger partial charge in [-0.1, -0.05) is 28.1 Å². The zero-order chi connectivity index (χ0) is 20.0. The number of rotatable bonds is 8. The van der Waals surface area contributed by atoms with Crippen molar-refractivity contribution in [3.63, 3.8) is 0 Å². The minimum atomic E-state index is -3.17. The summed E-state index contributed by atoms with van der Waals surface area (Å²) in [5.41, 5.74) is 0.168. The van der Waals surface area contributed by atoms with Crippen molar-refractivity contribution in [3.05, 3.63) is 62.1 Å². The first-order valence-corrected chi connectivity index (χ1v) is 8.29. The zero-order valence-electron chi connectivity index (χ0n) is 14.0. The van der Waals surface area contributed by atoms with Crippen molar-refractivity contribution in [2.24, 2.45) is 0 Å². The Morgan fingerprint density at radius 1 is 1.22 bits per heavy atom. The van der Waals surface area contributed by atoms with Crippen LogP contribution < -0.4 is 9.47 Å². The second kappa shape index (κ2) is 9.26. The molecular weight excluding hydrogens is 432 g/mol.